The van der Waals surface area contributed by atoms with Crippen LogP contribution in [0.1, 0.15) is 17.0 Å². The van der Waals surface area contributed by atoms with Crippen LogP contribution in [0.5, 0.6) is 0 Å². The summed E-state index contributed by atoms with van der Waals surface area (Å²) in [5, 5.41) is 8.34. The molecule has 25 heavy (non-hydrogen) atoms. The number of nitrogens with zero attached hydrogens (tertiary/aromatic N) is 4. The molecule has 2 aromatic heterocycles. The summed E-state index contributed by atoms with van der Waals surface area (Å²) >= 11 is 13.2. The Balaban J connectivity index is 1.71. The third-order valence-corrected chi connectivity index (χ3v) is 5.46. The van der Waals surface area contributed by atoms with E-state index in [-0.39, 0.29) is 11.7 Å². The van der Waals surface area contributed by atoms with E-state index in [0.717, 1.165) is 17.0 Å². The molecule has 0 spiro atoms. The summed E-state index contributed by atoms with van der Waals surface area (Å²) in [5.41, 5.74) is 3.45. The Kier molecular flexibility index (Phi) is 5.17. The third-order valence-electron chi connectivity index (χ3n) is 3.80. The van der Waals surface area contributed by atoms with Crippen molar-refractivity contribution in [1.29, 1.82) is 0 Å². The SMILES string of the molecule is Cc1nc2nc(SCC(=O)Nc3cccc(Cl)c3Cl)nn2c(C)c1C. The highest BCUT2D eigenvalue weighted by Gasteiger charge is 2.13. The van der Waals surface area contributed by atoms with Crippen LogP contribution in [0.3, 0.4) is 0 Å². The van der Waals surface area contributed by atoms with Crippen molar-refractivity contribution in [2.24, 2.45) is 0 Å². The highest BCUT2D eigenvalue weighted by atomic mass is 35.5. The minimum absolute atomic E-state index is 0.150. The number of amides is 1. The van der Waals surface area contributed by atoms with Crippen molar-refractivity contribution in [2.75, 3.05) is 11.1 Å². The van der Waals surface area contributed by atoms with Gasteiger partial charge in [0.05, 0.1) is 21.5 Å². The maximum Gasteiger partial charge on any atom is 0.253 e. The Hall–Kier alpha value is -1.83. The number of hydrogen-bond acceptors (Lipinski definition) is 5. The molecule has 3 aromatic rings. The number of rotatable bonds is 4. The van der Waals surface area contributed by atoms with Gasteiger partial charge < -0.3 is 5.32 Å². The molecule has 0 saturated heterocycles. The zero-order chi connectivity index (χ0) is 18.1. The quantitative estimate of drug-likeness (QED) is 0.673. The summed E-state index contributed by atoms with van der Waals surface area (Å²) in [5.74, 6) is 0.461. The number of halogens is 2. The second-order valence-corrected chi connectivity index (χ2v) is 7.18. The van der Waals surface area contributed by atoms with Crippen LogP contribution in [0.2, 0.25) is 10.0 Å². The predicted molar refractivity (Wildman–Crippen MR) is 101 cm³/mol. The van der Waals surface area contributed by atoms with E-state index in [0.29, 0.717) is 26.7 Å². The molecule has 0 atom stereocenters. The predicted octanol–water partition coefficient (Wildman–Crippen LogP) is 4.09. The number of fused-ring (bicyclic) bond motifs is 1. The second-order valence-electron chi connectivity index (χ2n) is 5.45. The van der Waals surface area contributed by atoms with Crippen molar-refractivity contribution in [1.82, 2.24) is 19.6 Å². The smallest absolute Gasteiger partial charge is 0.253 e. The number of aryl methyl sites for hydroxylation is 2. The molecule has 0 aliphatic rings. The normalized spacial score (nSPS) is 11.1. The Morgan fingerprint density at radius 2 is 2.00 bits per heavy atom. The van der Waals surface area contributed by atoms with Gasteiger partial charge >= 0.3 is 0 Å². The molecule has 6 nitrogen and oxygen atoms in total. The highest BCUT2D eigenvalue weighted by molar-refractivity contribution is 7.99. The molecule has 1 amide bonds. The van der Waals surface area contributed by atoms with E-state index in [1.807, 2.05) is 20.8 Å². The maximum atomic E-state index is 12.1. The van der Waals surface area contributed by atoms with Gasteiger partial charge in [0, 0.05) is 11.4 Å². The summed E-state index contributed by atoms with van der Waals surface area (Å²) in [4.78, 5) is 20.9. The number of hydrogen-bond donors (Lipinski definition) is 1. The molecule has 0 saturated carbocycles. The number of thioether (sulfide) groups is 1. The Bertz CT molecular complexity index is 973. The Morgan fingerprint density at radius 1 is 1.24 bits per heavy atom. The summed E-state index contributed by atoms with van der Waals surface area (Å²) in [6.07, 6.45) is 0. The fraction of sp³-hybridized carbons (Fsp3) is 0.250. The van der Waals surface area contributed by atoms with Gasteiger partial charge in [-0.15, -0.1) is 5.10 Å². The van der Waals surface area contributed by atoms with E-state index in [1.54, 1.807) is 22.7 Å². The van der Waals surface area contributed by atoms with Crippen LogP contribution in [0, 0.1) is 20.8 Å². The Labute approximate surface area is 158 Å². The van der Waals surface area contributed by atoms with Gasteiger partial charge in [-0.3, -0.25) is 4.79 Å². The van der Waals surface area contributed by atoms with Crippen LogP contribution in [0.25, 0.3) is 5.78 Å². The fourth-order valence-corrected chi connectivity index (χ4v) is 3.18. The van der Waals surface area contributed by atoms with Crippen molar-refractivity contribution >= 4 is 52.3 Å². The molecule has 2 heterocycles. The van der Waals surface area contributed by atoms with Crippen LogP contribution in [-0.4, -0.2) is 31.2 Å². The van der Waals surface area contributed by atoms with Crippen molar-refractivity contribution in [3.8, 4) is 0 Å². The van der Waals surface area contributed by atoms with Crippen LogP contribution in [-0.2, 0) is 4.79 Å². The van der Waals surface area contributed by atoms with Gasteiger partial charge in [0.15, 0.2) is 0 Å². The number of nitrogens with one attached hydrogen (secondary N) is 1. The van der Waals surface area contributed by atoms with Crippen LogP contribution in [0.15, 0.2) is 23.4 Å². The summed E-state index contributed by atoms with van der Waals surface area (Å²) in [7, 11) is 0. The minimum Gasteiger partial charge on any atom is -0.324 e. The van der Waals surface area contributed by atoms with E-state index in [9.17, 15) is 4.79 Å². The summed E-state index contributed by atoms with van der Waals surface area (Å²) in [6, 6.07) is 5.08. The van der Waals surface area contributed by atoms with Crippen molar-refractivity contribution < 1.29 is 4.79 Å². The van der Waals surface area contributed by atoms with E-state index < -0.39 is 0 Å². The first-order valence-corrected chi connectivity index (χ1v) is 9.18. The molecular weight excluding hydrogens is 381 g/mol. The second kappa shape index (κ2) is 7.19. The number of benzene rings is 1. The van der Waals surface area contributed by atoms with Gasteiger partial charge in [0.2, 0.25) is 11.1 Å². The molecule has 130 valence electrons. The number of aromatic nitrogens is 4. The van der Waals surface area contributed by atoms with E-state index in [2.05, 4.69) is 20.4 Å². The lowest BCUT2D eigenvalue weighted by Crippen LogP contribution is -2.14. The van der Waals surface area contributed by atoms with Crippen LogP contribution >= 0.6 is 35.0 Å². The van der Waals surface area contributed by atoms with Crippen LogP contribution < -0.4 is 5.32 Å². The first kappa shape index (κ1) is 18.0. The molecule has 3 rings (SSSR count). The molecule has 9 heteroatoms. The molecule has 0 bridgehead atoms. The van der Waals surface area contributed by atoms with Crippen LogP contribution in [0.4, 0.5) is 5.69 Å². The zero-order valence-electron chi connectivity index (χ0n) is 13.8. The van der Waals surface area contributed by atoms with E-state index in [1.165, 1.54) is 11.8 Å². The van der Waals surface area contributed by atoms with E-state index in [4.69, 9.17) is 23.2 Å². The average molecular weight is 396 g/mol. The molecule has 0 unspecified atom stereocenters. The highest BCUT2D eigenvalue weighted by Crippen LogP contribution is 2.29. The topological polar surface area (TPSA) is 72.2 Å². The van der Waals surface area contributed by atoms with Crippen molar-refractivity contribution in [2.45, 2.75) is 25.9 Å². The molecule has 0 radical (unpaired) electrons. The monoisotopic (exact) mass is 395 g/mol. The largest absolute Gasteiger partial charge is 0.324 e. The molecular formula is C16H15Cl2N5OS. The first-order chi connectivity index (χ1) is 11.9. The lowest BCUT2D eigenvalue weighted by molar-refractivity contribution is -0.113. The minimum atomic E-state index is -0.218. The zero-order valence-corrected chi connectivity index (χ0v) is 16.1. The average Bonchev–Trinajstić information content (AvgIpc) is 2.98. The van der Waals surface area contributed by atoms with Gasteiger partial charge in [0.1, 0.15) is 0 Å². The first-order valence-electron chi connectivity index (χ1n) is 7.44. The molecule has 0 aliphatic carbocycles. The van der Waals surface area contributed by atoms with Gasteiger partial charge in [-0.05, 0) is 38.5 Å². The molecule has 0 fully saturated rings. The maximum absolute atomic E-state index is 12.1. The number of carbonyl (C=O) groups is 1. The lowest BCUT2D eigenvalue weighted by atomic mass is 10.2. The number of carbonyl (C=O) groups excluding carboxylic acids is 1. The Morgan fingerprint density at radius 3 is 2.76 bits per heavy atom. The van der Waals surface area contributed by atoms with E-state index >= 15 is 0 Å². The van der Waals surface area contributed by atoms with Gasteiger partial charge in [0.25, 0.3) is 5.78 Å². The summed E-state index contributed by atoms with van der Waals surface area (Å²) < 4.78 is 1.69. The summed E-state index contributed by atoms with van der Waals surface area (Å²) in [6.45, 7) is 5.90. The fourth-order valence-electron chi connectivity index (χ4n) is 2.22. The van der Waals surface area contributed by atoms with Gasteiger partial charge in [-0.25, -0.2) is 9.50 Å². The molecule has 0 aliphatic heterocycles. The lowest BCUT2D eigenvalue weighted by Gasteiger charge is -2.07. The third kappa shape index (κ3) is 3.73. The van der Waals surface area contributed by atoms with Crippen molar-refractivity contribution in [3.63, 3.8) is 0 Å². The molecule has 1 aromatic carbocycles. The molecule has 1 N–H and O–H groups in total. The van der Waals surface area contributed by atoms with Crippen molar-refractivity contribution in [3.05, 3.63) is 45.2 Å². The van der Waals surface area contributed by atoms with Gasteiger partial charge in [-0.1, -0.05) is 41.0 Å². The van der Waals surface area contributed by atoms with Gasteiger partial charge in [-0.2, -0.15) is 4.98 Å². The number of anilines is 1. The standard InChI is InChI=1S/C16H15Cl2N5OS/c1-8-9(2)19-15-21-16(22-23(15)10(8)3)25-7-13(24)20-12-6-4-5-11(17)14(12)18/h4-6H,7H2,1-3H3,(H,20,24).